The summed E-state index contributed by atoms with van der Waals surface area (Å²) in [4.78, 5) is 41.2. The maximum absolute atomic E-state index is 13.1. The van der Waals surface area contributed by atoms with E-state index in [2.05, 4.69) is 10.6 Å². The molecule has 0 fully saturated rings. The van der Waals surface area contributed by atoms with E-state index in [1.807, 2.05) is 65.4 Å². The lowest BCUT2D eigenvalue weighted by Gasteiger charge is -2.25. The first-order valence-electron chi connectivity index (χ1n) is 11.7. The van der Waals surface area contributed by atoms with Gasteiger partial charge in [-0.2, -0.15) is 0 Å². The summed E-state index contributed by atoms with van der Waals surface area (Å²) in [5.41, 5.74) is 0.913. The number of rotatable bonds is 13. The highest BCUT2D eigenvalue weighted by molar-refractivity contribution is 7.10. The van der Waals surface area contributed by atoms with E-state index < -0.39 is 18.1 Å². The van der Waals surface area contributed by atoms with Gasteiger partial charge in [0.05, 0.1) is 20.2 Å². The number of esters is 1. The highest BCUT2D eigenvalue weighted by Gasteiger charge is 2.24. The Morgan fingerprint density at radius 1 is 0.917 bits per heavy atom. The van der Waals surface area contributed by atoms with Crippen LogP contribution in [0, 0.1) is 0 Å². The molecule has 1 aromatic carbocycles. The molecule has 2 heterocycles. The molecular formula is C26H31N3O5S2. The van der Waals surface area contributed by atoms with Gasteiger partial charge in [-0.15, -0.1) is 22.7 Å². The number of hydrogen-bond donors (Lipinski definition) is 2. The Hall–Kier alpha value is -3.37. The van der Waals surface area contributed by atoms with Crippen molar-refractivity contribution in [3.8, 4) is 0 Å². The van der Waals surface area contributed by atoms with Crippen molar-refractivity contribution in [2.24, 2.45) is 0 Å². The summed E-state index contributed by atoms with van der Waals surface area (Å²) in [5, 5.41) is 9.49. The van der Waals surface area contributed by atoms with Crippen molar-refractivity contribution in [3.63, 3.8) is 0 Å². The monoisotopic (exact) mass is 529 g/mol. The number of amides is 3. The zero-order chi connectivity index (χ0) is 25.6. The normalized spacial score (nSPS) is 11.4. The number of benzene rings is 1. The maximum Gasteiger partial charge on any atom is 0.407 e. The molecular weight excluding hydrogens is 498 g/mol. The van der Waals surface area contributed by atoms with Crippen LogP contribution in [-0.2, 0) is 34.0 Å². The Labute approximate surface area is 219 Å². The number of carbonyl (C=O) groups is 3. The molecule has 10 heteroatoms. The van der Waals surface area contributed by atoms with Crippen molar-refractivity contribution in [1.29, 1.82) is 0 Å². The smallest absolute Gasteiger partial charge is 0.407 e. The standard InChI is InChI=1S/C26H31N3O5S2/c1-33-24(30)23(13-5-6-14-27-26(32)34-19-20-9-3-2-4-10-20)28-25(31)29(17-21-11-7-15-35-21)18-22-12-8-16-36-22/h2-4,7-12,15-16,23H,5-6,13-14,17-19H2,1H3,(H,27,32)(H,28,31). The fourth-order valence-electron chi connectivity index (χ4n) is 3.45. The number of nitrogens with zero attached hydrogens (tertiary/aromatic N) is 1. The van der Waals surface area contributed by atoms with Gasteiger partial charge in [-0.3, -0.25) is 0 Å². The second-order valence-corrected chi connectivity index (χ2v) is 10.1. The number of carbonyl (C=O) groups excluding carboxylic acids is 3. The molecule has 0 bridgehead atoms. The molecule has 3 amide bonds. The second kappa shape index (κ2) is 14.9. The van der Waals surface area contributed by atoms with Gasteiger partial charge in [-0.05, 0) is 47.7 Å². The van der Waals surface area contributed by atoms with Crippen molar-refractivity contribution in [2.75, 3.05) is 13.7 Å². The highest BCUT2D eigenvalue weighted by Crippen LogP contribution is 2.18. The van der Waals surface area contributed by atoms with Crippen molar-refractivity contribution in [1.82, 2.24) is 15.5 Å². The summed E-state index contributed by atoms with van der Waals surface area (Å²) in [6.07, 6.45) is 1.13. The molecule has 3 rings (SSSR count). The molecule has 0 saturated carbocycles. The zero-order valence-corrected chi connectivity index (χ0v) is 21.8. The van der Waals surface area contributed by atoms with E-state index in [-0.39, 0.29) is 12.6 Å². The first kappa shape index (κ1) is 27.2. The van der Waals surface area contributed by atoms with Crippen molar-refractivity contribution in [3.05, 3.63) is 80.7 Å². The van der Waals surface area contributed by atoms with Gasteiger partial charge >= 0.3 is 18.1 Å². The van der Waals surface area contributed by atoms with Gasteiger partial charge in [0.2, 0.25) is 0 Å². The third-order valence-corrected chi connectivity index (χ3v) is 7.05. The fraction of sp³-hybridized carbons (Fsp3) is 0.346. The number of methoxy groups -OCH3 is 1. The Kier molecular flexibility index (Phi) is 11.3. The largest absolute Gasteiger partial charge is 0.467 e. The number of nitrogens with one attached hydrogen (secondary N) is 2. The Morgan fingerprint density at radius 3 is 2.17 bits per heavy atom. The van der Waals surface area contributed by atoms with Gasteiger partial charge in [0.15, 0.2) is 0 Å². The van der Waals surface area contributed by atoms with E-state index in [0.717, 1.165) is 15.3 Å². The minimum absolute atomic E-state index is 0.205. The van der Waals surface area contributed by atoms with Crippen molar-refractivity contribution < 1.29 is 23.9 Å². The first-order valence-corrected chi connectivity index (χ1v) is 13.4. The van der Waals surface area contributed by atoms with Crippen LogP contribution in [0.4, 0.5) is 9.59 Å². The van der Waals surface area contributed by atoms with Crippen molar-refractivity contribution in [2.45, 2.75) is 45.0 Å². The molecule has 0 spiro atoms. The van der Waals surface area contributed by atoms with Gasteiger partial charge in [0.1, 0.15) is 12.6 Å². The lowest BCUT2D eigenvalue weighted by Crippen LogP contribution is -2.47. The number of unbranched alkanes of at least 4 members (excludes halogenated alkanes) is 1. The molecule has 3 aromatic rings. The van der Waals surface area contributed by atoms with Crippen LogP contribution in [0.3, 0.4) is 0 Å². The summed E-state index contributed by atoms with van der Waals surface area (Å²) >= 11 is 3.16. The number of thiophene rings is 2. The topological polar surface area (TPSA) is 97.0 Å². The predicted octanol–water partition coefficient (Wildman–Crippen LogP) is 5.16. The molecule has 2 aromatic heterocycles. The molecule has 0 aliphatic carbocycles. The minimum atomic E-state index is -0.776. The first-order chi connectivity index (χ1) is 17.5. The molecule has 2 N–H and O–H groups in total. The summed E-state index contributed by atoms with van der Waals surface area (Å²) in [6.45, 7) is 1.50. The summed E-state index contributed by atoms with van der Waals surface area (Å²) < 4.78 is 10.1. The average molecular weight is 530 g/mol. The van der Waals surface area contributed by atoms with Crippen LogP contribution in [0.15, 0.2) is 65.4 Å². The molecule has 192 valence electrons. The number of urea groups is 1. The molecule has 36 heavy (non-hydrogen) atoms. The maximum atomic E-state index is 13.1. The van der Waals surface area contributed by atoms with Crippen LogP contribution < -0.4 is 10.6 Å². The third-order valence-electron chi connectivity index (χ3n) is 5.33. The summed E-state index contributed by atoms with van der Waals surface area (Å²) in [5.74, 6) is -0.495. The minimum Gasteiger partial charge on any atom is -0.467 e. The van der Waals surface area contributed by atoms with Crippen LogP contribution in [0.2, 0.25) is 0 Å². The van der Waals surface area contributed by atoms with Gasteiger partial charge in [0.25, 0.3) is 0 Å². The Morgan fingerprint density at radius 2 is 1.58 bits per heavy atom. The molecule has 0 radical (unpaired) electrons. The summed E-state index contributed by atoms with van der Waals surface area (Å²) in [6, 6.07) is 16.2. The molecule has 8 nitrogen and oxygen atoms in total. The van der Waals surface area contributed by atoms with Gasteiger partial charge in [-0.25, -0.2) is 14.4 Å². The van der Waals surface area contributed by atoms with E-state index in [1.54, 1.807) is 27.6 Å². The number of hydrogen-bond acceptors (Lipinski definition) is 7. The number of alkyl carbamates (subject to hydrolysis) is 1. The van der Waals surface area contributed by atoms with Crippen LogP contribution >= 0.6 is 22.7 Å². The second-order valence-electron chi connectivity index (χ2n) is 8.02. The van der Waals surface area contributed by atoms with E-state index in [0.29, 0.717) is 38.9 Å². The Balaban J connectivity index is 1.45. The van der Waals surface area contributed by atoms with Crippen LogP contribution in [-0.4, -0.2) is 42.7 Å². The zero-order valence-electron chi connectivity index (χ0n) is 20.2. The van der Waals surface area contributed by atoms with E-state index in [4.69, 9.17) is 9.47 Å². The lowest BCUT2D eigenvalue weighted by molar-refractivity contribution is -0.143. The average Bonchev–Trinajstić information content (AvgIpc) is 3.61. The predicted molar refractivity (Wildman–Crippen MR) is 141 cm³/mol. The van der Waals surface area contributed by atoms with Gasteiger partial charge < -0.3 is 25.0 Å². The third kappa shape index (κ3) is 9.35. The van der Waals surface area contributed by atoms with Gasteiger partial charge in [0, 0.05) is 16.3 Å². The van der Waals surface area contributed by atoms with Crippen molar-refractivity contribution >= 4 is 40.8 Å². The van der Waals surface area contributed by atoms with Crippen LogP contribution in [0.5, 0.6) is 0 Å². The van der Waals surface area contributed by atoms with Crippen LogP contribution in [0.25, 0.3) is 0 Å². The molecule has 0 saturated heterocycles. The molecule has 0 aliphatic heterocycles. The quantitative estimate of drug-likeness (QED) is 0.236. The summed E-state index contributed by atoms with van der Waals surface area (Å²) in [7, 11) is 1.31. The SMILES string of the molecule is COC(=O)C(CCCCNC(=O)OCc1ccccc1)NC(=O)N(Cc1cccs1)Cc1cccs1. The molecule has 0 aliphatic rings. The van der Waals surface area contributed by atoms with Gasteiger partial charge in [-0.1, -0.05) is 42.5 Å². The molecule has 1 atom stereocenters. The van der Waals surface area contributed by atoms with E-state index >= 15 is 0 Å². The highest BCUT2D eigenvalue weighted by atomic mass is 32.1. The fourth-order valence-corrected chi connectivity index (χ4v) is 4.89. The lowest BCUT2D eigenvalue weighted by atomic mass is 10.1. The number of ether oxygens (including phenoxy) is 2. The Bertz CT molecular complexity index is 1020. The van der Waals surface area contributed by atoms with Crippen LogP contribution in [0.1, 0.15) is 34.6 Å². The van der Waals surface area contributed by atoms with E-state index in [9.17, 15) is 14.4 Å². The molecule has 1 unspecified atom stereocenters. The van der Waals surface area contributed by atoms with E-state index in [1.165, 1.54) is 7.11 Å².